The molecule has 1 N–H and O–H groups in total. The smallest absolute Gasteiger partial charge is 0.410 e. The number of aliphatic hydroxyl groups is 1. The molecule has 2 rings (SSSR count). The Morgan fingerprint density at radius 3 is 2.84 bits per heavy atom. The molecular weight excluding hydrogens is 246 g/mol. The summed E-state index contributed by atoms with van der Waals surface area (Å²) in [5.41, 5.74) is -0.726. The van der Waals surface area contributed by atoms with Gasteiger partial charge in [0.2, 0.25) is 0 Å². The summed E-state index contributed by atoms with van der Waals surface area (Å²) in [6.45, 7) is 6.93. The lowest BCUT2D eigenvalue weighted by Crippen LogP contribution is -2.45. The van der Waals surface area contributed by atoms with Crippen LogP contribution in [0.5, 0.6) is 0 Å². The number of hydrogen-bond acceptors (Lipinski definition) is 4. The number of nitrogens with zero attached hydrogens (tertiary/aromatic N) is 1. The first-order valence-corrected chi connectivity index (χ1v) is 7.10. The van der Waals surface area contributed by atoms with Crippen molar-refractivity contribution in [1.82, 2.24) is 4.90 Å². The predicted molar refractivity (Wildman–Crippen MR) is 71.0 cm³/mol. The quantitative estimate of drug-likeness (QED) is 0.791. The summed E-state index contributed by atoms with van der Waals surface area (Å²) in [7, 11) is 0. The molecule has 2 unspecified atom stereocenters. The van der Waals surface area contributed by atoms with E-state index in [0.717, 1.165) is 25.7 Å². The van der Waals surface area contributed by atoms with Crippen LogP contribution in [0.4, 0.5) is 4.79 Å². The second-order valence-electron chi connectivity index (χ2n) is 6.65. The van der Waals surface area contributed by atoms with E-state index in [-0.39, 0.29) is 24.4 Å². The van der Waals surface area contributed by atoms with Gasteiger partial charge < -0.3 is 19.5 Å². The van der Waals surface area contributed by atoms with Crippen molar-refractivity contribution in [3.8, 4) is 0 Å². The minimum atomic E-state index is -0.464. The van der Waals surface area contributed by atoms with Gasteiger partial charge in [0.25, 0.3) is 0 Å². The Morgan fingerprint density at radius 1 is 1.47 bits per heavy atom. The zero-order valence-electron chi connectivity index (χ0n) is 12.1. The van der Waals surface area contributed by atoms with Crippen LogP contribution < -0.4 is 0 Å². The van der Waals surface area contributed by atoms with Crippen LogP contribution in [0.25, 0.3) is 0 Å². The Morgan fingerprint density at radius 2 is 2.21 bits per heavy atom. The van der Waals surface area contributed by atoms with Crippen molar-refractivity contribution in [3.05, 3.63) is 0 Å². The second kappa shape index (κ2) is 5.29. The Kier molecular flexibility index (Phi) is 4.06. The topological polar surface area (TPSA) is 59.0 Å². The molecule has 0 radical (unpaired) electrons. The van der Waals surface area contributed by atoms with E-state index >= 15 is 0 Å². The minimum Gasteiger partial charge on any atom is -0.444 e. The first-order valence-electron chi connectivity index (χ1n) is 7.10. The number of amides is 1. The van der Waals surface area contributed by atoms with Crippen molar-refractivity contribution < 1.29 is 19.4 Å². The van der Waals surface area contributed by atoms with Crippen molar-refractivity contribution in [3.63, 3.8) is 0 Å². The molecule has 19 heavy (non-hydrogen) atoms. The summed E-state index contributed by atoms with van der Waals surface area (Å²) in [5.74, 6) is 0. The summed E-state index contributed by atoms with van der Waals surface area (Å²) in [5, 5.41) is 9.23. The molecule has 2 saturated heterocycles. The molecule has 0 aromatic carbocycles. The standard InChI is InChI=1S/C14H25NO4/c1-13(2,3)19-12(17)15-8-7-14(10-15)6-4-5-11(9-16)18-14/h11,16H,4-10H2,1-3H3. The Hall–Kier alpha value is -0.810. The van der Waals surface area contributed by atoms with Gasteiger partial charge in [0.05, 0.1) is 24.9 Å². The average molecular weight is 271 g/mol. The summed E-state index contributed by atoms with van der Waals surface area (Å²) < 4.78 is 11.4. The number of hydrogen-bond donors (Lipinski definition) is 1. The SMILES string of the molecule is CC(C)(C)OC(=O)N1CCC2(CCCC(CO)O2)C1. The van der Waals surface area contributed by atoms with Crippen LogP contribution in [-0.4, -0.2) is 53.1 Å². The largest absolute Gasteiger partial charge is 0.444 e. The molecule has 110 valence electrons. The summed E-state index contributed by atoms with van der Waals surface area (Å²) in [6.07, 6.45) is 3.41. The first kappa shape index (κ1) is 14.6. The normalized spacial score (nSPS) is 31.8. The van der Waals surface area contributed by atoms with Crippen molar-refractivity contribution in [2.75, 3.05) is 19.7 Å². The van der Waals surface area contributed by atoms with Gasteiger partial charge in [-0.15, -0.1) is 0 Å². The maximum Gasteiger partial charge on any atom is 0.410 e. The molecule has 0 saturated carbocycles. The predicted octanol–water partition coefficient (Wildman–Crippen LogP) is 1.93. The number of likely N-dealkylation sites (tertiary alicyclic amines) is 1. The van der Waals surface area contributed by atoms with Crippen molar-refractivity contribution in [2.45, 2.75) is 63.8 Å². The van der Waals surface area contributed by atoms with E-state index in [0.29, 0.717) is 13.1 Å². The lowest BCUT2D eigenvalue weighted by atomic mass is 9.91. The molecule has 2 atom stereocenters. The average Bonchev–Trinajstić information content (AvgIpc) is 2.71. The Balaban J connectivity index is 1.93. The molecule has 2 fully saturated rings. The van der Waals surface area contributed by atoms with Crippen LogP contribution in [0, 0.1) is 0 Å². The molecule has 5 heteroatoms. The Bertz CT molecular complexity index is 339. The lowest BCUT2D eigenvalue weighted by Gasteiger charge is -2.38. The maximum atomic E-state index is 12.0. The van der Waals surface area contributed by atoms with E-state index < -0.39 is 5.60 Å². The van der Waals surface area contributed by atoms with Gasteiger partial charge in [0.15, 0.2) is 0 Å². The highest BCUT2D eigenvalue weighted by Gasteiger charge is 2.45. The third kappa shape index (κ3) is 3.60. The molecule has 2 aliphatic heterocycles. The fourth-order valence-electron chi connectivity index (χ4n) is 2.88. The number of carbonyl (C=O) groups excluding carboxylic acids is 1. The van der Waals surface area contributed by atoms with Crippen molar-refractivity contribution >= 4 is 6.09 Å². The van der Waals surface area contributed by atoms with Crippen LogP contribution in [0.3, 0.4) is 0 Å². The molecule has 0 aromatic heterocycles. The third-order valence-corrected chi connectivity index (χ3v) is 3.75. The molecule has 0 bridgehead atoms. The van der Waals surface area contributed by atoms with E-state index in [1.165, 1.54) is 0 Å². The van der Waals surface area contributed by atoms with Gasteiger partial charge >= 0.3 is 6.09 Å². The molecule has 0 aromatic rings. The molecular formula is C14H25NO4. The number of carbonyl (C=O) groups is 1. The van der Waals surface area contributed by atoms with E-state index in [4.69, 9.17) is 9.47 Å². The highest BCUT2D eigenvalue weighted by molar-refractivity contribution is 5.68. The zero-order chi connectivity index (χ0) is 14.1. The van der Waals surface area contributed by atoms with Crippen LogP contribution in [0.2, 0.25) is 0 Å². The fraction of sp³-hybridized carbons (Fsp3) is 0.929. The number of rotatable bonds is 1. The summed E-state index contributed by atoms with van der Waals surface area (Å²) in [6, 6.07) is 0. The van der Waals surface area contributed by atoms with Crippen LogP contribution in [-0.2, 0) is 9.47 Å². The van der Waals surface area contributed by atoms with Gasteiger partial charge in [-0.1, -0.05) is 0 Å². The fourth-order valence-corrected chi connectivity index (χ4v) is 2.88. The van der Waals surface area contributed by atoms with Gasteiger partial charge in [0, 0.05) is 6.54 Å². The van der Waals surface area contributed by atoms with Gasteiger partial charge in [-0.05, 0) is 46.5 Å². The van der Waals surface area contributed by atoms with E-state index in [2.05, 4.69) is 0 Å². The summed E-state index contributed by atoms with van der Waals surface area (Å²) >= 11 is 0. The number of ether oxygens (including phenoxy) is 2. The number of aliphatic hydroxyl groups excluding tert-OH is 1. The molecule has 0 aliphatic carbocycles. The minimum absolute atomic E-state index is 0.0637. The van der Waals surface area contributed by atoms with Gasteiger partial charge in [0.1, 0.15) is 5.60 Å². The van der Waals surface area contributed by atoms with Crippen LogP contribution in [0.15, 0.2) is 0 Å². The summed E-state index contributed by atoms with van der Waals surface area (Å²) in [4.78, 5) is 13.8. The van der Waals surface area contributed by atoms with E-state index in [1.807, 2.05) is 20.8 Å². The highest BCUT2D eigenvalue weighted by Crippen LogP contribution is 2.36. The molecule has 5 nitrogen and oxygen atoms in total. The van der Waals surface area contributed by atoms with Crippen LogP contribution in [0.1, 0.15) is 46.5 Å². The Labute approximate surface area is 114 Å². The zero-order valence-corrected chi connectivity index (χ0v) is 12.1. The monoisotopic (exact) mass is 271 g/mol. The molecule has 1 spiro atoms. The van der Waals surface area contributed by atoms with Crippen LogP contribution >= 0.6 is 0 Å². The lowest BCUT2D eigenvalue weighted by molar-refractivity contribution is -0.134. The van der Waals surface area contributed by atoms with Gasteiger partial charge in [-0.2, -0.15) is 0 Å². The van der Waals surface area contributed by atoms with Gasteiger partial charge in [-0.25, -0.2) is 4.79 Å². The molecule has 2 aliphatic rings. The van der Waals surface area contributed by atoms with E-state index in [1.54, 1.807) is 4.90 Å². The van der Waals surface area contributed by atoms with Crippen molar-refractivity contribution in [1.29, 1.82) is 0 Å². The first-order chi connectivity index (χ1) is 8.84. The molecule has 1 amide bonds. The molecule has 2 heterocycles. The van der Waals surface area contributed by atoms with Gasteiger partial charge in [-0.3, -0.25) is 0 Å². The van der Waals surface area contributed by atoms with Crippen molar-refractivity contribution in [2.24, 2.45) is 0 Å². The maximum absolute atomic E-state index is 12.0. The third-order valence-electron chi connectivity index (χ3n) is 3.75. The highest BCUT2D eigenvalue weighted by atomic mass is 16.6. The second-order valence-corrected chi connectivity index (χ2v) is 6.65. The van der Waals surface area contributed by atoms with E-state index in [9.17, 15) is 9.90 Å².